The van der Waals surface area contributed by atoms with Crippen LogP contribution in [0.2, 0.25) is 5.02 Å². The van der Waals surface area contributed by atoms with Crippen LogP contribution in [0.4, 0.5) is 0 Å². The fourth-order valence-corrected chi connectivity index (χ4v) is 1.15. The van der Waals surface area contributed by atoms with E-state index in [2.05, 4.69) is 26.8 Å². The molecule has 0 heterocycles. The third kappa shape index (κ3) is 2.23. The van der Waals surface area contributed by atoms with E-state index in [1.807, 2.05) is 18.2 Å². The fraction of sp³-hybridized carbons (Fsp3) is 0.400. The highest BCUT2D eigenvalue weighted by molar-refractivity contribution is 6.30. The Balaban J connectivity index is 3.06. The first kappa shape index (κ1) is 8.61. The maximum Gasteiger partial charge on any atom is 0.0408 e. The van der Waals surface area contributed by atoms with E-state index < -0.39 is 0 Å². The SMILES string of the molecule is CC(C)(C)c1cccc(Cl)c1. The highest BCUT2D eigenvalue weighted by Crippen LogP contribution is 2.24. The molecule has 0 aliphatic heterocycles. The average molecular weight is 169 g/mol. The van der Waals surface area contributed by atoms with Gasteiger partial charge in [-0.2, -0.15) is 0 Å². The zero-order valence-corrected chi connectivity index (χ0v) is 7.94. The molecule has 0 spiro atoms. The Bertz CT molecular complexity index is 245. The van der Waals surface area contributed by atoms with Crippen LogP contribution in [0.15, 0.2) is 24.3 Å². The van der Waals surface area contributed by atoms with Crippen molar-refractivity contribution in [1.82, 2.24) is 0 Å². The lowest BCUT2D eigenvalue weighted by atomic mass is 9.87. The van der Waals surface area contributed by atoms with E-state index in [1.54, 1.807) is 0 Å². The van der Waals surface area contributed by atoms with Crippen molar-refractivity contribution in [3.8, 4) is 0 Å². The molecular formula is C10H13Cl. The van der Waals surface area contributed by atoms with Crippen LogP contribution in [-0.4, -0.2) is 0 Å². The van der Waals surface area contributed by atoms with Gasteiger partial charge in [-0.25, -0.2) is 0 Å². The number of benzene rings is 1. The highest BCUT2D eigenvalue weighted by atomic mass is 35.5. The van der Waals surface area contributed by atoms with Crippen molar-refractivity contribution in [3.05, 3.63) is 34.9 Å². The Morgan fingerprint density at radius 1 is 1.18 bits per heavy atom. The van der Waals surface area contributed by atoms with Gasteiger partial charge in [0.1, 0.15) is 0 Å². The zero-order valence-electron chi connectivity index (χ0n) is 7.19. The van der Waals surface area contributed by atoms with Crippen LogP contribution in [0.25, 0.3) is 0 Å². The largest absolute Gasteiger partial charge is 0.0843 e. The minimum Gasteiger partial charge on any atom is -0.0843 e. The van der Waals surface area contributed by atoms with Crippen LogP contribution in [0.3, 0.4) is 0 Å². The van der Waals surface area contributed by atoms with Gasteiger partial charge in [-0.1, -0.05) is 44.5 Å². The molecule has 0 amide bonds. The number of halogens is 1. The number of hydrogen-bond donors (Lipinski definition) is 0. The summed E-state index contributed by atoms with van der Waals surface area (Å²) in [7, 11) is 0. The Labute approximate surface area is 73.2 Å². The second kappa shape index (κ2) is 2.86. The quantitative estimate of drug-likeness (QED) is 0.555. The first-order valence-electron chi connectivity index (χ1n) is 3.76. The molecule has 0 N–H and O–H groups in total. The summed E-state index contributed by atoms with van der Waals surface area (Å²) in [5, 5.41) is 0.817. The summed E-state index contributed by atoms with van der Waals surface area (Å²) in [6.07, 6.45) is 0. The van der Waals surface area contributed by atoms with Gasteiger partial charge < -0.3 is 0 Å². The normalized spacial score (nSPS) is 11.6. The summed E-state index contributed by atoms with van der Waals surface area (Å²) < 4.78 is 0. The van der Waals surface area contributed by atoms with Crippen LogP contribution in [0.5, 0.6) is 0 Å². The van der Waals surface area contributed by atoms with Crippen LogP contribution in [0, 0.1) is 0 Å². The maximum absolute atomic E-state index is 5.85. The molecule has 0 saturated carbocycles. The van der Waals surface area contributed by atoms with Gasteiger partial charge in [0, 0.05) is 5.02 Å². The van der Waals surface area contributed by atoms with Gasteiger partial charge in [-0.05, 0) is 23.1 Å². The topological polar surface area (TPSA) is 0 Å². The van der Waals surface area contributed by atoms with Gasteiger partial charge in [0.05, 0.1) is 0 Å². The lowest BCUT2D eigenvalue weighted by Crippen LogP contribution is -2.10. The molecule has 0 aliphatic carbocycles. The second-order valence-electron chi connectivity index (χ2n) is 3.76. The first-order valence-corrected chi connectivity index (χ1v) is 4.14. The number of hydrogen-bond acceptors (Lipinski definition) is 0. The Morgan fingerprint density at radius 3 is 2.18 bits per heavy atom. The molecule has 1 aromatic rings. The average Bonchev–Trinajstić information content (AvgIpc) is 1.86. The molecule has 1 heteroatoms. The minimum atomic E-state index is 0.199. The van der Waals surface area contributed by atoms with E-state index >= 15 is 0 Å². The van der Waals surface area contributed by atoms with Gasteiger partial charge in [0.25, 0.3) is 0 Å². The van der Waals surface area contributed by atoms with Gasteiger partial charge in [0.2, 0.25) is 0 Å². The van der Waals surface area contributed by atoms with Crippen LogP contribution in [-0.2, 0) is 5.41 Å². The molecule has 0 fully saturated rings. The predicted molar refractivity (Wildman–Crippen MR) is 50.2 cm³/mol. The van der Waals surface area contributed by atoms with E-state index in [4.69, 9.17) is 11.6 Å². The minimum absolute atomic E-state index is 0.199. The van der Waals surface area contributed by atoms with Crippen LogP contribution in [0.1, 0.15) is 26.3 Å². The van der Waals surface area contributed by atoms with E-state index in [1.165, 1.54) is 5.56 Å². The van der Waals surface area contributed by atoms with Crippen molar-refractivity contribution < 1.29 is 0 Å². The van der Waals surface area contributed by atoms with Crippen molar-refractivity contribution in [1.29, 1.82) is 0 Å². The molecule has 0 unspecified atom stereocenters. The lowest BCUT2D eigenvalue weighted by Gasteiger charge is -2.18. The molecule has 0 aliphatic rings. The molecule has 1 rings (SSSR count). The maximum atomic E-state index is 5.85. The summed E-state index contributed by atoms with van der Waals surface area (Å²) in [5.74, 6) is 0. The van der Waals surface area contributed by atoms with Crippen molar-refractivity contribution >= 4 is 11.6 Å². The van der Waals surface area contributed by atoms with Gasteiger partial charge in [0.15, 0.2) is 0 Å². The lowest BCUT2D eigenvalue weighted by molar-refractivity contribution is 0.590. The highest BCUT2D eigenvalue weighted by Gasteiger charge is 2.12. The molecule has 0 saturated heterocycles. The smallest absolute Gasteiger partial charge is 0.0408 e. The van der Waals surface area contributed by atoms with E-state index in [-0.39, 0.29) is 5.41 Å². The second-order valence-corrected chi connectivity index (χ2v) is 4.20. The Morgan fingerprint density at radius 2 is 1.82 bits per heavy atom. The standard InChI is InChI=1S/C10H13Cl/c1-10(2,3)8-5-4-6-9(11)7-8/h4-7H,1-3H3. The molecule has 1 aromatic carbocycles. The third-order valence-electron chi connectivity index (χ3n) is 1.69. The molecule has 0 atom stereocenters. The molecular weight excluding hydrogens is 156 g/mol. The van der Waals surface area contributed by atoms with E-state index in [0.717, 1.165) is 5.02 Å². The van der Waals surface area contributed by atoms with Crippen molar-refractivity contribution in [2.45, 2.75) is 26.2 Å². The monoisotopic (exact) mass is 168 g/mol. The molecule has 0 nitrogen and oxygen atoms in total. The van der Waals surface area contributed by atoms with Crippen molar-refractivity contribution in [2.24, 2.45) is 0 Å². The zero-order chi connectivity index (χ0) is 8.48. The summed E-state index contributed by atoms with van der Waals surface area (Å²) in [5.41, 5.74) is 1.48. The Hall–Kier alpha value is -0.490. The molecule has 0 bridgehead atoms. The van der Waals surface area contributed by atoms with Gasteiger partial charge in [-0.3, -0.25) is 0 Å². The summed E-state index contributed by atoms with van der Waals surface area (Å²) in [6.45, 7) is 6.54. The van der Waals surface area contributed by atoms with Gasteiger partial charge in [-0.15, -0.1) is 0 Å². The molecule has 0 radical (unpaired) electrons. The summed E-state index contributed by atoms with van der Waals surface area (Å²) in [6, 6.07) is 8.01. The van der Waals surface area contributed by atoms with Crippen LogP contribution >= 0.6 is 11.6 Å². The summed E-state index contributed by atoms with van der Waals surface area (Å²) in [4.78, 5) is 0. The third-order valence-corrected chi connectivity index (χ3v) is 1.93. The molecule has 0 aromatic heterocycles. The van der Waals surface area contributed by atoms with Crippen molar-refractivity contribution in [2.75, 3.05) is 0 Å². The fourth-order valence-electron chi connectivity index (χ4n) is 0.955. The first-order chi connectivity index (χ1) is 5.00. The predicted octanol–water partition coefficient (Wildman–Crippen LogP) is 3.64. The van der Waals surface area contributed by atoms with E-state index in [0.29, 0.717) is 0 Å². The number of rotatable bonds is 0. The Kier molecular flexibility index (Phi) is 2.24. The summed E-state index contributed by atoms with van der Waals surface area (Å²) >= 11 is 5.85. The van der Waals surface area contributed by atoms with Gasteiger partial charge >= 0.3 is 0 Å². The van der Waals surface area contributed by atoms with Crippen LogP contribution < -0.4 is 0 Å². The molecule has 11 heavy (non-hydrogen) atoms. The molecule has 60 valence electrons. The van der Waals surface area contributed by atoms with Crippen molar-refractivity contribution in [3.63, 3.8) is 0 Å². The van der Waals surface area contributed by atoms with E-state index in [9.17, 15) is 0 Å².